The Kier molecular flexibility index (Phi) is 28.0. The van der Waals surface area contributed by atoms with Crippen LogP contribution in [-0.4, -0.2) is 0 Å². The normalized spacial score (nSPS) is 6.71. The first-order valence-electron chi connectivity index (χ1n) is 3.21. The fraction of sp³-hybridized carbons (Fsp3) is 0.125. The quantitative estimate of drug-likeness (QED) is 0.385. The van der Waals surface area contributed by atoms with Crippen molar-refractivity contribution in [1.82, 2.24) is 0 Å². The van der Waals surface area contributed by atoms with Gasteiger partial charge in [0, 0.05) is 12.1 Å². The van der Waals surface area contributed by atoms with Crippen molar-refractivity contribution in [2.24, 2.45) is 0 Å². The van der Waals surface area contributed by atoms with E-state index < -0.39 is 0 Å². The summed E-state index contributed by atoms with van der Waals surface area (Å²) in [5.41, 5.74) is 0. The summed E-state index contributed by atoms with van der Waals surface area (Å²) >= 11 is 7.32. The predicted octanol–water partition coefficient (Wildman–Crippen LogP) is -0.462. The number of allylic oxidation sites excluding steroid dienone is 1. The minimum atomic E-state index is 0. The van der Waals surface area contributed by atoms with E-state index in [0.29, 0.717) is 0 Å². The van der Waals surface area contributed by atoms with Gasteiger partial charge in [-0.05, 0) is 6.08 Å². The maximum atomic E-state index is 4.20. The molecule has 0 aliphatic carbocycles. The summed E-state index contributed by atoms with van der Waals surface area (Å²) in [6.45, 7) is 4.52. The number of rotatable bonds is 2. The van der Waals surface area contributed by atoms with E-state index in [9.17, 15) is 0 Å². The molecule has 0 amide bonds. The summed E-state index contributed by atoms with van der Waals surface area (Å²) in [5, 5.41) is 0. The molecule has 1 nitrogen and oxygen atoms in total. The van der Waals surface area contributed by atoms with Gasteiger partial charge in [-0.1, -0.05) is 12.6 Å². The molecule has 0 saturated heterocycles. The van der Waals surface area contributed by atoms with Crippen LogP contribution in [0.2, 0.25) is 0 Å². The summed E-state index contributed by atoms with van der Waals surface area (Å²) in [7, 11) is 8.40. The third-order valence-electron chi connectivity index (χ3n) is 1.12. The second kappa shape index (κ2) is 19.4. The van der Waals surface area contributed by atoms with E-state index >= 15 is 0 Å². The Bertz CT molecular complexity index is 197. The number of hydrogen-bond acceptors (Lipinski definition) is 0. The summed E-state index contributed by atoms with van der Waals surface area (Å²) < 4.78 is 2.06. The van der Waals surface area contributed by atoms with E-state index in [1.54, 1.807) is 0 Å². The molecule has 0 fully saturated rings. The van der Waals surface area contributed by atoms with Crippen LogP contribution in [0, 0.1) is 0 Å². The van der Waals surface area contributed by atoms with Gasteiger partial charge in [0.15, 0.2) is 18.9 Å². The third-order valence-corrected chi connectivity index (χ3v) is 1.12. The van der Waals surface area contributed by atoms with E-state index in [4.69, 9.17) is 0 Å². The molecule has 0 N–H and O–H groups in total. The van der Waals surface area contributed by atoms with Crippen LogP contribution in [0.3, 0.4) is 0 Å². The molecular weight excluding hydrogens is 344 g/mol. The molecule has 0 bridgehead atoms. The van der Waals surface area contributed by atoms with Crippen molar-refractivity contribution in [2.75, 3.05) is 0 Å². The Hall–Kier alpha value is 0.799. The van der Waals surface area contributed by atoms with Gasteiger partial charge in [0.1, 0.15) is 0 Å². The number of hydrogen-bond donors (Lipinski definition) is 0. The number of nitrogens with zero attached hydrogens (tertiary/aromatic N) is 1. The van der Waals surface area contributed by atoms with Crippen molar-refractivity contribution in [3.05, 3.63) is 43.2 Å². The molecule has 0 spiro atoms. The van der Waals surface area contributed by atoms with E-state index in [1.165, 1.54) is 0 Å². The maximum absolute atomic E-state index is 4.20. The Morgan fingerprint density at radius 3 is 1.86 bits per heavy atom. The minimum absolute atomic E-state index is 0. The van der Waals surface area contributed by atoms with Crippen LogP contribution in [-0.2, 0) is 36.7 Å². The SMILES string of the molecule is C=CC[n+]1ccccc1.[Cl-].[Cl][Cu].[Cl][Cu]. The van der Waals surface area contributed by atoms with Crippen LogP contribution in [0.25, 0.3) is 0 Å². The number of halogens is 3. The third kappa shape index (κ3) is 12.8. The molecule has 0 atom stereocenters. The van der Waals surface area contributed by atoms with Gasteiger partial charge in [-0.15, -0.1) is 0 Å². The van der Waals surface area contributed by atoms with E-state index in [2.05, 4.69) is 61.5 Å². The van der Waals surface area contributed by atoms with Crippen LogP contribution in [0.4, 0.5) is 0 Å². The molecule has 1 aromatic rings. The molecule has 0 aliphatic heterocycles. The van der Waals surface area contributed by atoms with E-state index in [1.807, 2.05) is 36.7 Å². The van der Waals surface area contributed by atoms with Gasteiger partial charge < -0.3 is 12.4 Å². The van der Waals surface area contributed by atoms with Gasteiger partial charge in [0.25, 0.3) is 0 Å². The molecule has 14 heavy (non-hydrogen) atoms. The van der Waals surface area contributed by atoms with Crippen molar-refractivity contribution in [2.45, 2.75) is 6.54 Å². The molecular formula is C8H10Cl3Cu2N. The molecule has 1 aromatic heterocycles. The first kappa shape index (κ1) is 20.2. The molecule has 0 aromatic carbocycles. The molecule has 0 radical (unpaired) electrons. The Morgan fingerprint density at radius 1 is 1.07 bits per heavy atom. The fourth-order valence-electron chi connectivity index (χ4n) is 0.705. The van der Waals surface area contributed by atoms with Crippen LogP contribution >= 0.6 is 20.2 Å². The average Bonchev–Trinajstić information content (AvgIpc) is 2.26. The van der Waals surface area contributed by atoms with E-state index in [0.717, 1.165) is 6.54 Å². The van der Waals surface area contributed by atoms with Crippen molar-refractivity contribution in [3.8, 4) is 0 Å². The Balaban J connectivity index is -0.000000216. The van der Waals surface area contributed by atoms with Gasteiger partial charge in [-0.3, -0.25) is 0 Å². The number of pyridine rings is 1. The molecule has 0 saturated carbocycles. The Labute approximate surface area is 116 Å². The topological polar surface area (TPSA) is 3.88 Å². The van der Waals surface area contributed by atoms with E-state index in [-0.39, 0.29) is 12.4 Å². The Morgan fingerprint density at radius 2 is 1.50 bits per heavy atom. The molecule has 1 rings (SSSR count). The van der Waals surface area contributed by atoms with Crippen molar-refractivity contribution < 1.29 is 47.2 Å². The predicted molar refractivity (Wildman–Crippen MR) is 48.5 cm³/mol. The summed E-state index contributed by atoms with van der Waals surface area (Å²) in [4.78, 5) is 0. The second-order valence-electron chi connectivity index (χ2n) is 1.86. The molecule has 0 aliphatic rings. The summed E-state index contributed by atoms with van der Waals surface area (Å²) in [5.74, 6) is 0. The molecule has 90 valence electrons. The summed E-state index contributed by atoms with van der Waals surface area (Å²) in [6, 6.07) is 6.01. The van der Waals surface area contributed by atoms with Crippen LogP contribution < -0.4 is 17.0 Å². The van der Waals surface area contributed by atoms with Crippen LogP contribution in [0.1, 0.15) is 0 Å². The zero-order valence-electron chi connectivity index (χ0n) is 7.06. The zero-order valence-corrected chi connectivity index (χ0v) is 11.2. The van der Waals surface area contributed by atoms with Gasteiger partial charge in [0.05, 0.1) is 0 Å². The standard InChI is InChI=1S/C8H10N.3ClH.2Cu/c1-2-6-9-7-4-3-5-8-9;;;;;/h2-5,7-8H,1,6H2;3*1H;;/q+1;;;;2*+1/p-3. The van der Waals surface area contributed by atoms with Crippen LogP contribution in [0.15, 0.2) is 43.2 Å². The van der Waals surface area contributed by atoms with Gasteiger partial charge in [0.2, 0.25) is 0 Å². The number of aromatic nitrogens is 1. The van der Waals surface area contributed by atoms with Crippen molar-refractivity contribution in [3.63, 3.8) is 0 Å². The van der Waals surface area contributed by atoms with Gasteiger partial charge in [-0.2, -0.15) is 0 Å². The molecule has 1 heterocycles. The van der Waals surface area contributed by atoms with Gasteiger partial charge >= 0.3 is 50.4 Å². The average molecular weight is 354 g/mol. The first-order chi connectivity index (χ1) is 6.43. The van der Waals surface area contributed by atoms with Crippen LogP contribution in [0.5, 0.6) is 0 Å². The monoisotopic (exact) mass is 351 g/mol. The van der Waals surface area contributed by atoms with Gasteiger partial charge in [-0.25, -0.2) is 4.57 Å². The first-order valence-corrected chi connectivity index (χ1v) is 5.80. The summed E-state index contributed by atoms with van der Waals surface area (Å²) in [6.07, 6.45) is 5.91. The zero-order chi connectivity index (χ0) is 10.5. The molecule has 0 unspecified atom stereocenters. The fourth-order valence-corrected chi connectivity index (χ4v) is 0.705. The van der Waals surface area contributed by atoms with Crippen molar-refractivity contribution in [1.29, 1.82) is 0 Å². The second-order valence-corrected chi connectivity index (χ2v) is 1.86. The molecule has 6 heteroatoms. The van der Waals surface area contributed by atoms with Crippen molar-refractivity contribution >= 4 is 20.2 Å².